The second-order valence-electron chi connectivity index (χ2n) is 5.29. The van der Waals surface area contributed by atoms with Crippen molar-refractivity contribution >= 4 is 5.69 Å². The van der Waals surface area contributed by atoms with Crippen LogP contribution in [0, 0.1) is 24.0 Å². The zero-order valence-electron chi connectivity index (χ0n) is 12.7. The highest BCUT2D eigenvalue weighted by Crippen LogP contribution is 2.26. The summed E-state index contributed by atoms with van der Waals surface area (Å²) in [7, 11) is 0. The highest BCUT2D eigenvalue weighted by Gasteiger charge is 2.15. The fourth-order valence-corrected chi connectivity index (χ4v) is 2.12. The van der Waals surface area contributed by atoms with Gasteiger partial charge in [0.1, 0.15) is 0 Å². The van der Waals surface area contributed by atoms with Gasteiger partial charge in [-0.15, -0.1) is 0 Å². The maximum Gasteiger partial charge on any atom is 0.273 e. The van der Waals surface area contributed by atoms with Crippen LogP contribution in [0.15, 0.2) is 48.8 Å². The zero-order chi connectivity index (χ0) is 16.4. The van der Waals surface area contributed by atoms with Gasteiger partial charge in [0, 0.05) is 24.5 Å². The molecule has 3 heterocycles. The number of aryl methyl sites for hydroxylation is 2. The van der Waals surface area contributed by atoms with E-state index in [9.17, 15) is 10.1 Å². The number of aromatic nitrogens is 3. The maximum absolute atomic E-state index is 11.2. The van der Waals surface area contributed by atoms with Crippen LogP contribution in [0.1, 0.15) is 11.1 Å². The van der Waals surface area contributed by atoms with Crippen molar-refractivity contribution in [1.82, 2.24) is 15.0 Å². The Balaban J connectivity index is 2.15. The Morgan fingerprint density at radius 1 is 0.826 bits per heavy atom. The summed E-state index contributed by atoms with van der Waals surface area (Å²) in [6.45, 7) is 3.86. The maximum atomic E-state index is 11.2. The van der Waals surface area contributed by atoms with Gasteiger partial charge < -0.3 is 0 Å². The van der Waals surface area contributed by atoms with Crippen molar-refractivity contribution in [3.8, 4) is 22.8 Å². The topological polar surface area (TPSA) is 81.8 Å². The fourth-order valence-electron chi connectivity index (χ4n) is 2.12. The molecular weight excluding hydrogens is 292 g/mol. The Morgan fingerprint density at radius 3 is 1.65 bits per heavy atom. The van der Waals surface area contributed by atoms with Crippen molar-refractivity contribution in [2.24, 2.45) is 0 Å². The van der Waals surface area contributed by atoms with Crippen LogP contribution >= 0.6 is 0 Å². The van der Waals surface area contributed by atoms with Crippen LogP contribution in [0.2, 0.25) is 0 Å². The number of pyridine rings is 3. The summed E-state index contributed by atoms with van der Waals surface area (Å²) < 4.78 is 0. The van der Waals surface area contributed by atoms with E-state index in [0.29, 0.717) is 22.8 Å². The van der Waals surface area contributed by atoms with E-state index in [2.05, 4.69) is 15.0 Å². The standard InChI is InChI=1S/C17H14N4O2/c1-11-3-5-14(18-9-11)16-7-13(21(22)23)8-17(20-16)15-6-4-12(2)10-19-15/h3-10H,1-2H3. The lowest BCUT2D eigenvalue weighted by atomic mass is 10.1. The normalized spacial score (nSPS) is 10.5. The molecule has 3 rings (SSSR count). The van der Waals surface area contributed by atoms with Crippen molar-refractivity contribution in [3.63, 3.8) is 0 Å². The Bertz CT molecular complexity index is 795. The molecule has 6 heteroatoms. The van der Waals surface area contributed by atoms with Crippen LogP contribution in [0.25, 0.3) is 22.8 Å². The molecule has 0 saturated carbocycles. The first-order chi connectivity index (χ1) is 11.0. The van der Waals surface area contributed by atoms with Crippen LogP contribution in [0.5, 0.6) is 0 Å². The first kappa shape index (κ1) is 14.8. The number of nitrogens with zero attached hydrogens (tertiary/aromatic N) is 4. The molecule has 0 saturated heterocycles. The Kier molecular flexibility index (Phi) is 3.80. The summed E-state index contributed by atoms with van der Waals surface area (Å²) in [6, 6.07) is 10.2. The summed E-state index contributed by atoms with van der Waals surface area (Å²) in [5, 5.41) is 11.2. The van der Waals surface area contributed by atoms with E-state index in [4.69, 9.17) is 0 Å². The second-order valence-corrected chi connectivity index (χ2v) is 5.29. The Hall–Kier alpha value is -3.15. The molecule has 0 aliphatic heterocycles. The van der Waals surface area contributed by atoms with Crippen molar-refractivity contribution in [1.29, 1.82) is 0 Å². The zero-order valence-corrected chi connectivity index (χ0v) is 12.7. The molecule has 0 unspecified atom stereocenters. The van der Waals surface area contributed by atoms with Gasteiger partial charge in [-0.1, -0.05) is 12.1 Å². The second kappa shape index (κ2) is 5.92. The Labute approximate surface area is 133 Å². The molecule has 0 N–H and O–H groups in total. The van der Waals surface area contributed by atoms with Crippen molar-refractivity contribution < 1.29 is 4.92 Å². The molecule has 0 aliphatic carbocycles. The third kappa shape index (κ3) is 3.21. The summed E-state index contributed by atoms with van der Waals surface area (Å²) in [5.41, 5.74) is 4.09. The molecule has 0 aliphatic rings. The molecule has 0 bridgehead atoms. The van der Waals surface area contributed by atoms with Crippen LogP contribution in [0.4, 0.5) is 5.69 Å². The largest absolute Gasteiger partial charge is 0.273 e. The minimum atomic E-state index is -0.433. The Morgan fingerprint density at radius 2 is 1.30 bits per heavy atom. The first-order valence-corrected chi connectivity index (χ1v) is 7.05. The molecule has 6 nitrogen and oxygen atoms in total. The van der Waals surface area contributed by atoms with Gasteiger partial charge in [-0.2, -0.15) is 0 Å². The molecular formula is C17H14N4O2. The lowest BCUT2D eigenvalue weighted by molar-refractivity contribution is -0.384. The first-order valence-electron chi connectivity index (χ1n) is 7.05. The minimum Gasteiger partial charge on any atom is -0.258 e. The molecule has 0 amide bonds. The lowest BCUT2D eigenvalue weighted by Gasteiger charge is -2.05. The van der Waals surface area contributed by atoms with Crippen LogP contribution in [-0.2, 0) is 0 Å². The fraction of sp³-hybridized carbons (Fsp3) is 0.118. The number of hydrogen-bond acceptors (Lipinski definition) is 5. The van der Waals surface area contributed by atoms with Gasteiger partial charge >= 0.3 is 0 Å². The van der Waals surface area contributed by atoms with Gasteiger partial charge in [0.2, 0.25) is 0 Å². The summed E-state index contributed by atoms with van der Waals surface area (Å²) in [6.07, 6.45) is 3.42. The highest BCUT2D eigenvalue weighted by atomic mass is 16.6. The molecule has 0 aromatic carbocycles. The van der Waals surface area contributed by atoms with Gasteiger partial charge in [-0.05, 0) is 37.1 Å². The van der Waals surface area contributed by atoms with Gasteiger partial charge in [-0.3, -0.25) is 20.1 Å². The highest BCUT2D eigenvalue weighted by molar-refractivity contribution is 5.66. The van der Waals surface area contributed by atoms with E-state index < -0.39 is 4.92 Å². The van der Waals surface area contributed by atoms with Crippen LogP contribution in [0.3, 0.4) is 0 Å². The molecule has 3 aromatic rings. The quantitative estimate of drug-likeness (QED) is 0.544. The van der Waals surface area contributed by atoms with Gasteiger partial charge in [-0.25, -0.2) is 4.98 Å². The average molecular weight is 306 g/mol. The van der Waals surface area contributed by atoms with Crippen LogP contribution in [-0.4, -0.2) is 19.9 Å². The molecule has 0 radical (unpaired) electrons. The summed E-state index contributed by atoms with van der Waals surface area (Å²) in [4.78, 5) is 23.9. The van der Waals surface area contributed by atoms with Gasteiger partial charge in [0.15, 0.2) is 0 Å². The molecule has 0 spiro atoms. The lowest BCUT2D eigenvalue weighted by Crippen LogP contribution is -1.96. The van der Waals surface area contributed by atoms with Crippen molar-refractivity contribution in [2.75, 3.05) is 0 Å². The van der Waals surface area contributed by atoms with Crippen LogP contribution < -0.4 is 0 Å². The monoisotopic (exact) mass is 306 g/mol. The molecule has 23 heavy (non-hydrogen) atoms. The van der Waals surface area contributed by atoms with Crippen molar-refractivity contribution in [2.45, 2.75) is 13.8 Å². The predicted molar refractivity (Wildman–Crippen MR) is 86.8 cm³/mol. The molecule has 114 valence electrons. The van der Waals surface area contributed by atoms with E-state index in [1.807, 2.05) is 26.0 Å². The van der Waals surface area contributed by atoms with E-state index in [1.165, 1.54) is 12.1 Å². The van der Waals surface area contributed by atoms with Gasteiger partial charge in [0.05, 0.1) is 27.7 Å². The molecule has 0 atom stereocenters. The minimum absolute atomic E-state index is 0.0326. The smallest absolute Gasteiger partial charge is 0.258 e. The molecule has 3 aromatic heterocycles. The number of rotatable bonds is 3. The third-order valence-corrected chi connectivity index (χ3v) is 3.37. The third-order valence-electron chi connectivity index (χ3n) is 3.37. The van der Waals surface area contributed by atoms with E-state index in [1.54, 1.807) is 24.5 Å². The van der Waals surface area contributed by atoms with E-state index in [0.717, 1.165) is 11.1 Å². The average Bonchev–Trinajstić information content (AvgIpc) is 2.55. The predicted octanol–water partition coefficient (Wildman–Crippen LogP) is 3.73. The van der Waals surface area contributed by atoms with Gasteiger partial charge in [0.25, 0.3) is 5.69 Å². The van der Waals surface area contributed by atoms with Crippen molar-refractivity contribution in [3.05, 3.63) is 70.0 Å². The van der Waals surface area contributed by atoms with E-state index in [-0.39, 0.29) is 5.69 Å². The van der Waals surface area contributed by atoms with E-state index >= 15 is 0 Å². The molecule has 0 fully saturated rings. The number of nitro groups is 1. The summed E-state index contributed by atoms with van der Waals surface area (Å²) >= 11 is 0. The SMILES string of the molecule is Cc1ccc(-c2cc([N+](=O)[O-])cc(-c3ccc(C)cn3)n2)nc1. The number of hydrogen-bond donors (Lipinski definition) is 0. The summed E-state index contributed by atoms with van der Waals surface area (Å²) in [5.74, 6) is 0.